The Balaban J connectivity index is 1.35. The number of aromatic nitrogens is 1. The molecule has 0 radical (unpaired) electrons. The lowest BCUT2D eigenvalue weighted by Crippen LogP contribution is -2.63. The summed E-state index contributed by atoms with van der Waals surface area (Å²) in [6.07, 6.45) is 2.89. The smallest absolute Gasteiger partial charge is 0.246 e. The second-order valence-electron chi connectivity index (χ2n) is 14.0. The number of fused-ring (bicyclic) bond motifs is 2. The van der Waals surface area contributed by atoms with E-state index in [1.54, 1.807) is 18.3 Å². The van der Waals surface area contributed by atoms with Gasteiger partial charge in [0.1, 0.15) is 42.0 Å². The molecular formula is C37H46N10O7S. The van der Waals surface area contributed by atoms with Crippen LogP contribution in [0.5, 0.6) is 5.75 Å². The van der Waals surface area contributed by atoms with Crippen LogP contribution in [0.4, 0.5) is 0 Å². The molecule has 0 spiro atoms. The second kappa shape index (κ2) is 17.1. The zero-order valence-electron chi connectivity index (χ0n) is 30.2. The molecule has 3 fully saturated rings. The van der Waals surface area contributed by atoms with Gasteiger partial charge in [0.15, 0.2) is 5.96 Å². The maximum absolute atomic E-state index is 14.2. The molecule has 0 aliphatic carbocycles. The first kappa shape index (κ1) is 38.9. The lowest BCUT2D eigenvalue weighted by Gasteiger charge is -2.37. The van der Waals surface area contributed by atoms with Crippen molar-refractivity contribution in [2.75, 3.05) is 12.3 Å². The number of nitrogens with one attached hydrogen (secondary N) is 6. The molecule has 3 aliphatic rings. The number of amides is 6. The number of hydrogen-bond acceptors (Lipinski definition) is 9. The molecule has 17 nitrogen and oxygen atoms in total. The van der Waals surface area contributed by atoms with Crippen LogP contribution in [0.15, 0.2) is 59.7 Å². The van der Waals surface area contributed by atoms with Crippen LogP contribution >= 0.6 is 11.8 Å². The predicted molar refractivity (Wildman–Crippen MR) is 205 cm³/mol. The molecule has 292 valence electrons. The fourth-order valence-electron chi connectivity index (χ4n) is 7.10. The minimum atomic E-state index is -1.21. The van der Waals surface area contributed by atoms with Crippen LogP contribution in [-0.2, 0) is 41.6 Å². The van der Waals surface area contributed by atoms with Gasteiger partial charge in [-0.3, -0.25) is 33.8 Å². The molecule has 55 heavy (non-hydrogen) atoms. The van der Waals surface area contributed by atoms with Crippen molar-refractivity contribution in [3.05, 3.63) is 65.9 Å². The number of H-pyrrole nitrogens is 1. The number of benzene rings is 2. The van der Waals surface area contributed by atoms with Crippen LogP contribution in [0, 0.1) is 0 Å². The van der Waals surface area contributed by atoms with Crippen LogP contribution in [0.25, 0.3) is 10.9 Å². The first-order chi connectivity index (χ1) is 26.4. The third kappa shape index (κ3) is 9.30. The normalized spacial score (nSPS) is 26.6. The number of carbonyl (C=O) groups is 6. The molecule has 3 aromatic rings. The summed E-state index contributed by atoms with van der Waals surface area (Å²) in [7, 11) is 0. The number of guanidine groups is 1. The number of carbonyl (C=O) groups excluding carboxylic acids is 6. The van der Waals surface area contributed by atoms with E-state index in [1.165, 1.54) is 35.7 Å². The molecule has 6 amide bonds. The topological polar surface area (TPSA) is 266 Å². The summed E-state index contributed by atoms with van der Waals surface area (Å²) in [5, 5.41) is 24.3. The van der Waals surface area contributed by atoms with Gasteiger partial charge in [-0.05, 0) is 61.9 Å². The van der Waals surface area contributed by atoms with Crippen molar-refractivity contribution in [1.82, 2.24) is 36.5 Å². The van der Waals surface area contributed by atoms with Gasteiger partial charge in [-0.2, -0.15) is 0 Å². The van der Waals surface area contributed by atoms with E-state index in [2.05, 4.69) is 36.6 Å². The van der Waals surface area contributed by atoms with Crippen molar-refractivity contribution in [2.24, 2.45) is 16.5 Å². The largest absolute Gasteiger partial charge is 0.508 e. The van der Waals surface area contributed by atoms with E-state index in [4.69, 9.17) is 11.5 Å². The summed E-state index contributed by atoms with van der Waals surface area (Å²) >= 11 is 1.45. The van der Waals surface area contributed by atoms with Gasteiger partial charge >= 0.3 is 0 Å². The summed E-state index contributed by atoms with van der Waals surface area (Å²) in [6.45, 7) is 1.63. The first-order valence-corrected chi connectivity index (χ1v) is 19.3. The number of hydrogen-bond donors (Lipinski definition) is 9. The lowest BCUT2D eigenvalue weighted by atomic mass is 9.99. The second-order valence-corrected chi connectivity index (χ2v) is 15.2. The number of rotatable bonds is 8. The zero-order valence-corrected chi connectivity index (χ0v) is 31.1. The number of phenolic OH excluding ortho intramolecular Hbond substituents is 1. The van der Waals surface area contributed by atoms with Gasteiger partial charge in [-0.15, -0.1) is 11.8 Å². The number of phenols is 1. The van der Waals surface area contributed by atoms with Crippen molar-refractivity contribution in [3.8, 4) is 5.75 Å². The van der Waals surface area contributed by atoms with Crippen LogP contribution in [0.3, 0.4) is 0 Å². The molecule has 2 aromatic carbocycles. The van der Waals surface area contributed by atoms with E-state index >= 15 is 0 Å². The van der Waals surface area contributed by atoms with Gasteiger partial charge < -0.3 is 53.0 Å². The summed E-state index contributed by atoms with van der Waals surface area (Å²) in [6, 6.07) is 6.99. The van der Waals surface area contributed by atoms with Crippen molar-refractivity contribution in [1.29, 1.82) is 0 Å². The van der Waals surface area contributed by atoms with E-state index < -0.39 is 71.7 Å². The molecule has 6 rings (SSSR count). The standard InChI is InChI=1S/C37H46N10O7S/c1-19-31(49)45-28(16-21-17-41-24-6-3-2-5-23(21)24)34(52)43-25(7-4-14-40-37(38)39)32(50)46-27(15-20-8-10-22(48)11-9-20)33(51)44-26-12-13-30-47(36(26)54)29(18-55-30)35(53)42-19/h2-3,5-6,8-11,17,19,25-30,41,48H,4,7,12-16,18H2,1H3,(H,42,53)(H,43,52)(H,44,51)(H,45,49)(H,46,50)(H4,38,39,40)/t19-,25-,26-,27-,28-,29-,30-/m0/s1. The summed E-state index contributed by atoms with van der Waals surface area (Å²) in [4.78, 5) is 92.2. The van der Waals surface area contributed by atoms with Gasteiger partial charge in [0.25, 0.3) is 0 Å². The molecule has 4 heterocycles. The Morgan fingerprint density at radius 3 is 2.25 bits per heavy atom. The van der Waals surface area contributed by atoms with Crippen LogP contribution in [0.1, 0.15) is 43.7 Å². The zero-order chi connectivity index (χ0) is 39.2. The molecule has 7 atom stereocenters. The fraction of sp³-hybridized carbons (Fsp3) is 0.432. The van der Waals surface area contributed by atoms with Crippen molar-refractivity contribution in [2.45, 2.75) is 87.1 Å². The molecule has 0 saturated carbocycles. The van der Waals surface area contributed by atoms with E-state index in [0.29, 0.717) is 24.2 Å². The highest BCUT2D eigenvalue weighted by atomic mass is 32.2. The van der Waals surface area contributed by atoms with E-state index in [9.17, 15) is 33.9 Å². The number of aromatic hydroxyl groups is 1. The Labute approximate surface area is 321 Å². The molecule has 3 saturated heterocycles. The third-order valence-electron chi connectivity index (χ3n) is 10.0. The number of nitrogens with zero attached hydrogens (tertiary/aromatic N) is 2. The van der Waals surface area contributed by atoms with E-state index in [-0.39, 0.29) is 49.3 Å². The molecule has 0 unspecified atom stereocenters. The van der Waals surface area contributed by atoms with Gasteiger partial charge in [-0.1, -0.05) is 30.3 Å². The Hall–Kier alpha value is -5.78. The average Bonchev–Trinajstić information content (AvgIpc) is 3.78. The Morgan fingerprint density at radius 2 is 1.49 bits per heavy atom. The molecule has 11 N–H and O–H groups in total. The third-order valence-corrected chi connectivity index (χ3v) is 11.4. The average molecular weight is 775 g/mol. The quantitative estimate of drug-likeness (QED) is 0.0784. The summed E-state index contributed by atoms with van der Waals surface area (Å²) in [5.41, 5.74) is 13.2. The number of nitrogens with two attached hydrogens (primary N) is 2. The van der Waals surface area contributed by atoms with E-state index in [1.807, 2.05) is 24.3 Å². The first-order valence-electron chi connectivity index (χ1n) is 18.2. The number of piperidine rings is 1. The summed E-state index contributed by atoms with van der Waals surface area (Å²) in [5.74, 6) is -3.46. The monoisotopic (exact) mass is 774 g/mol. The molecular weight excluding hydrogens is 729 g/mol. The maximum Gasteiger partial charge on any atom is 0.246 e. The summed E-state index contributed by atoms with van der Waals surface area (Å²) < 4.78 is 0. The molecule has 1 aromatic heterocycles. The number of para-hydroxylation sites is 1. The predicted octanol–water partition coefficient (Wildman–Crippen LogP) is -0.766. The van der Waals surface area contributed by atoms with Crippen LogP contribution in [-0.4, -0.2) is 110 Å². The van der Waals surface area contributed by atoms with Crippen molar-refractivity contribution < 1.29 is 33.9 Å². The lowest BCUT2D eigenvalue weighted by molar-refractivity contribution is -0.146. The van der Waals surface area contributed by atoms with Gasteiger partial charge in [0, 0.05) is 42.2 Å². The van der Waals surface area contributed by atoms with Crippen molar-refractivity contribution in [3.63, 3.8) is 0 Å². The van der Waals surface area contributed by atoms with E-state index in [0.717, 1.165) is 16.5 Å². The SMILES string of the molecule is C[C@@H]1NC(=O)[C@@H]2CS[C@H]3CC[C@H](NC(=O)[C@H](Cc4ccc(O)cc4)NC(=O)[C@H](CCCN=C(N)N)NC(=O)[C@H](Cc4c[nH]c5ccccc45)NC1=O)C(=O)N32. The molecule has 2 bridgehead atoms. The fourth-order valence-corrected chi connectivity index (χ4v) is 8.53. The highest BCUT2D eigenvalue weighted by molar-refractivity contribution is 8.00. The Bertz CT molecular complexity index is 1970. The minimum Gasteiger partial charge on any atom is -0.508 e. The highest BCUT2D eigenvalue weighted by Gasteiger charge is 2.48. The molecule has 18 heteroatoms. The Morgan fingerprint density at radius 1 is 0.818 bits per heavy atom. The van der Waals surface area contributed by atoms with Gasteiger partial charge in [0.05, 0.1) is 5.37 Å². The number of aliphatic imine (C=N–C) groups is 1. The van der Waals surface area contributed by atoms with Gasteiger partial charge in [0.2, 0.25) is 35.4 Å². The van der Waals surface area contributed by atoms with Crippen molar-refractivity contribution >= 4 is 64.1 Å². The maximum atomic E-state index is 14.2. The van der Waals surface area contributed by atoms with Gasteiger partial charge in [-0.25, -0.2) is 0 Å². The van der Waals surface area contributed by atoms with Crippen LogP contribution in [0.2, 0.25) is 0 Å². The molecule has 3 aliphatic heterocycles. The number of aromatic amines is 1. The minimum absolute atomic E-state index is 0.0126. The highest BCUT2D eigenvalue weighted by Crippen LogP contribution is 2.36. The number of thioether (sulfide) groups is 1. The van der Waals surface area contributed by atoms with Crippen LogP contribution < -0.4 is 38.1 Å². The Kier molecular flexibility index (Phi) is 12.1.